The fraction of sp³-hybridized carbons (Fsp3) is 1.00. The van der Waals surface area contributed by atoms with Crippen molar-refractivity contribution in [1.29, 1.82) is 0 Å². The highest BCUT2D eigenvalue weighted by Crippen LogP contribution is 2.66. The summed E-state index contributed by atoms with van der Waals surface area (Å²) in [6.45, 7) is 4.73. The lowest BCUT2D eigenvalue weighted by atomic mass is 9.69. The number of aliphatic hydroxyl groups is 7. The van der Waals surface area contributed by atoms with Gasteiger partial charge in [0.2, 0.25) is 0 Å². The molecular weight excluding hydrogens is 428 g/mol. The Kier molecular flexibility index (Phi) is 6.44. The molecule has 32 heavy (non-hydrogen) atoms. The molecule has 2 aliphatic heterocycles. The monoisotopic (exact) mass is 464 g/mol. The lowest BCUT2D eigenvalue weighted by Gasteiger charge is -2.46. The Morgan fingerprint density at radius 2 is 1.62 bits per heavy atom. The van der Waals surface area contributed by atoms with E-state index >= 15 is 0 Å². The Morgan fingerprint density at radius 1 is 0.938 bits per heavy atom. The molecule has 7 N–H and O–H groups in total. The molecule has 2 bridgehead atoms. The summed E-state index contributed by atoms with van der Waals surface area (Å²) in [5.74, 6) is 0.245. The molecule has 11 heteroatoms. The summed E-state index contributed by atoms with van der Waals surface area (Å²) in [6, 6.07) is 0. The first kappa shape index (κ1) is 24.7. The maximum absolute atomic E-state index is 10.7. The van der Waals surface area contributed by atoms with Crippen molar-refractivity contribution in [3.05, 3.63) is 0 Å². The molecule has 4 rings (SSSR count). The van der Waals surface area contributed by atoms with Crippen molar-refractivity contribution in [3.63, 3.8) is 0 Å². The fourth-order valence-electron chi connectivity index (χ4n) is 5.85. The highest BCUT2D eigenvalue weighted by molar-refractivity contribution is 5.15. The number of fused-ring (bicyclic) bond motifs is 2. The summed E-state index contributed by atoms with van der Waals surface area (Å²) in [4.78, 5) is 0. The van der Waals surface area contributed by atoms with Gasteiger partial charge in [0.1, 0.15) is 36.1 Å². The van der Waals surface area contributed by atoms with Gasteiger partial charge in [-0.25, -0.2) is 0 Å². The standard InChI is InChI=1S/C21H36O11/c1-19(2)9-4-11(23)20(19,3)12(5-9)32-17-15(26)14(25)13(24)10(31-17)6-29-18-16(27)21(28,7-22)8-30-18/h9-18,22-28H,4-8H2,1-3H3/t9-,10+,11+,12+,13+,14-,15+,16-,17-,18+,20+,21+/m0/s1. The van der Waals surface area contributed by atoms with E-state index < -0.39 is 72.9 Å². The van der Waals surface area contributed by atoms with E-state index in [1.54, 1.807) is 0 Å². The average molecular weight is 465 g/mol. The summed E-state index contributed by atoms with van der Waals surface area (Å²) in [5, 5.41) is 71.2. The molecule has 2 saturated heterocycles. The number of aliphatic hydroxyl groups excluding tert-OH is 6. The van der Waals surface area contributed by atoms with Crippen LogP contribution in [0.2, 0.25) is 0 Å². The van der Waals surface area contributed by atoms with Crippen LogP contribution in [-0.2, 0) is 18.9 Å². The predicted octanol–water partition coefficient (Wildman–Crippen LogP) is -2.55. The Balaban J connectivity index is 1.41. The third-order valence-corrected chi connectivity index (χ3v) is 8.75. The third kappa shape index (κ3) is 3.54. The van der Waals surface area contributed by atoms with Crippen molar-refractivity contribution in [3.8, 4) is 0 Å². The molecule has 2 aliphatic carbocycles. The van der Waals surface area contributed by atoms with Crippen molar-refractivity contribution >= 4 is 0 Å². The zero-order valence-electron chi connectivity index (χ0n) is 18.6. The van der Waals surface area contributed by atoms with Crippen LogP contribution in [0.3, 0.4) is 0 Å². The van der Waals surface area contributed by atoms with Gasteiger partial charge in [0, 0.05) is 5.41 Å². The lowest BCUT2D eigenvalue weighted by molar-refractivity contribution is -0.328. The zero-order valence-corrected chi connectivity index (χ0v) is 18.6. The smallest absolute Gasteiger partial charge is 0.186 e. The van der Waals surface area contributed by atoms with Gasteiger partial charge in [0.05, 0.1) is 32.0 Å². The van der Waals surface area contributed by atoms with E-state index in [2.05, 4.69) is 13.8 Å². The van der Waals surface area contributed by atoms with Gasteiger partial charge in [-0.2, -0.15) is 0 Å². The van der Waals surface area contributed by atoms with E-state index in [1.165, 1.54) is 0 Å². The number of rotatable bonds is 6. The van der Waals surface area contributed by atoms with Crippen LogP contribution in [0.15, 0.2) is 0 Å². The molecule has 12 atom stereocenters. The van der Waals surface area contributed by atoms with Gasteiger partial charge in [0.25, 0.3) is 0 Å². The van der Waals surface area contributed by atoms with E-state index in [0.29, 0.717) is 12.8 Å². The van der Waals surface area contributed by atoms with Gasteiger partial charge in [-0.15, -0.1) is 0 Å². The minimum atomic E-state index is -1.86. The highest BCUT2D eigenvalue weighted by atomic mass is 16.7. The second-order valence-corrected chi connectivity index (χ2v) is 10.5. The molecule has 4 aliphatic rings. The number of ether oxygens (including phenoxy) is 4. The SMILES string of the molecule is CC1(C)[C@H]2C[C@@H](O)[C@]1(C)[C@H](O[C@@H]1O[C@H](CO[C@@H]3OC[C@](O)(CO)[C@H]3O)[C@@H](O)[C@H](O)[C@H]1O)C2. The van der Waals surface area contributed by atoms with Gasteiger partial charge in [0.15, 0.2) is 12.6 Å². The van der Waals surface area contributed by atoms with Crippen LogP contribution < -0.4 is 0 Å². The molecule has 0 radical (unpaired) electrons. The predicted molar refractivity (Wildman–Crippen MR) is 106 cm³/mol. The number of hydrogen-bond donors (Lipinski definition) is 7. The molecule has 0 amide bonds. The topological polar surface area (TPSA) is 179 Å². The molecule has 0 aromatic heterocycles. The van der Waals surface area contributed by atoms with Crippen LogP contribution in [0.1, 0.15) is 33.6 Å². The first-order chi connectivity index (χ1) is 14.9. The van der Waals surface area contributed by atoms with E-state index in [0.717, 1.165) is 0 Å². The lowest BCUT2D eigenvalue weighted by Crippen LogP contribution is -2.61. The Bertz CT molecular complexity index is 691. The summed E-state index contributed by atoms with van der Waals surface area (Å²) in [7, 11) is 0. The molecule has 11 nitrogen and oxygen atoms in total. The number of hydrogen-bond acceptors (Lipinski definition) is 11. The molecule has 4 fully saturated rings. The van der Waals surface area contributed by atoms with E-state index in [4.69, 9.17) is 18.9 Å². The second-order valence-electron chi connectivity index (χ2n) is 10.5. The van der Waals surface area contributed by atoms with Crippen LogP contribution >= 0.6 is 0 Å². The van der Waals surface area contributed by atoms with Crippen molar-refractivity contribution in [1.82, 2.24) is 0 Å². The second kappa shape index (κ2) is 8.35. The maximum atomic E-state index is 10.7. The van der Waals surface area contributed by atoms with Gasteiger partial charge in [-0.05, 0) is 24.2 Å². The third-order valence-electron chi connectivity index (χ3n) is 8.75. The van der Waals surface area contributed by atoms with E-state index in [1.807, 2.05) is 6.92 Å². The molecule has 0 aromatic carbocycles. The van der Waals surface area contributed by atoms with Crippen molar-refractivity contribution in [2.75, 3.05) is 19.8 Å². The van der Waals surface area contributed by atoms with Crippen LogP contribution in [0.25, 0.3) is 0 Å². The minimum Gasteiger partial charge on any atom is -0.393 e. The largest absolute Gasteiger partial charge is 0.393 e. The molecule has 0 spiro atoms. The normalized spacial score (nSPS) is 54.9. The Morgan fingerprint density at radius 3 is 2.19 bits per heavy atom. The minimum absolute atomic E-state index is 0.184. The quantitative estimate of drug-likeness (QED) is 0.220. The summed E-state index contributed by atoms with van der Waals surface area (Å²) in [6.07, 6.45) is -9.41. The first-order valence-electron chi connectivity index (χ1n) is 11.1. The summed E-state index contributed by atoms with van der Waals surface area (Å²) in [5.41, 5.74) is -2.61. The van der Waals surface area contributed by atoms with Crippen LogP contribution in [0.5, 0.6) is 0 Å². The molecular formula is C21H36O11. The first-order valence-corrected chi connectivity index (χ1v) is 11.1. The molecule has 2 heterocycles. The molecule has 0 aromatic rings. The van der Waals surface area contributed by atoms with Crippen LogP contribution in [0, 0.1) is 16.7 Å². The average Bonchev–Trinajstić information content (AvgIpc) is 3.21. The van der Waals surface area contributed by atoms with Gasteiger partial charge in [-0.1, -0.05) is 20.8 Å². The molecule has 2 saturated carbocycles. The highest BCUT2D eigenvalue weighted by Gasteiger charge is 2.67. The van der Waals surface area contributed by atoms with Crippen LogP contribution in [-0.4, -0.2) is 116 Å². The Hall–Kier alpha value is -0.440. The van der Waals surface area contributed by atoms with E-state index in [9.17, 15) is 35.7 Å². The van der Waals surface area contributed by atoms with E-state index in [-0.39, 0.29) is 24.5 Å². The fourth-order valence-corrected chi connectivity index (χ4v) is 5.85. The van der Waals surface area contributed by atoms with Gasteiger partial charge in [-0.3, -0.25) is 0 Å². The van der Waals surface area contributed by atoms with Crippen molar-refractivity contribution < 1.29 is 54.7 Å². The van der Waals surface area contributed by atoms with Crippen molar-refractivity contribution in [2.24, 2.45) is 16.7 Å². The van der Waals surface area contributed by atoms with Gasteiger partial charge < -0.3 is 54.7 Å². The van der Waals surface area contributed by atoms with Gasteiger partial charge >= 0.3 is 0 Å². The Labute approximate surface area is 186 Å². The molecule has 0 unspecified atom stereocenters. The summed E-state index contributed by atoms with van der Waals surface area (Å²) < 4.78 is 22.4. The molecule has 186 valence electrons. The van der Waals surface area contributed by atoms with Crippen molar-refractivity contribution in [2.45, 2.75) is 94.5 Å². The maximum Gasteiger partial charge on any atom is 0.186 e. The zero-order chi connectivity index (χ0) is 23.6. The van der Waals surface area contributed by atoms with Crippen LogP contribution in [0.4, 0.5) is 0 Å². The summed E-state index contributed by atoms with van der Waals surface area (Å²) >= 11 is 0.